The van der Waals surface area contributed by atoms with Gasteiger partial charge in [-0.1, -0.05) is 0 Å². The van der Waals surface area contributed by atoms with Crippen molar-refractivity contribution in [3.8, 4) is 0 Å². The molecule has 17 heavy (non-hydrogen) atoms. The number of nitrogens with one attached hydrogen (secondary N) is 1. The van der Waals surface area contributed by atoms with Gasteiger partial charge in [0.2, 0.25) is 5.89 Å². The van der Waals surface area contributed by atoms with Crippen LogP contribution in [0.25, 0.3) is 0 Å². The number of rotatable bonds is 2. The minimum Gasteiger partial charge on any atom is -0.378 e. The number of nitrogens with zero attached hydrogens (tertiary/aromatic N) is 3. The molecule has 1 N–H and O–H groups in total. The predicted octanol–water partition coefficient (Wildman–Crippen LogP) is 0.373. The summed E-state index contributed by atoms with van der Waals surface area (Å²) in [5.74, 6) is 1.87. The summed E-state index contributed by atoms with van der Waals surface area (Å²) in [6.45, 7) is 5.24. The average molecular weight is 238 g/mol. The van der Waals surface area contributed by atoms with E-state index < -0.39 is 0 Å². The average Bonchev–Trinajstić information content (AvgIpc) is 2.90. The molecule has 3 rings (SSSR count). The van der Waals surface area contributed by atoms with Crippen molar-refractivity contribution in [3.05, 3.63) is 5.89 Å². The van der Waals surface area contributed by atoms with Gasteiger partial charge >= 0.3 is 0 Å². The van der Waals surface area contributed by atoms with Gasteiger partial charge in [-0.25, -0.2) is 0 Å². The Morgan fingerprint density at radius 2 is 2.18 bits per heavy atom. The second-order valence-electron chi connectivity index (χ2n) is 4.58. The maximum absolute atomic E-state index is 5.37. The smallest absolute Gasteiger partial charge is 0.266 e. The van der Waals surface area contributed by atoms with Crippen molar-refractivity contribution in [2.75, 3.05) is 44.3 Å². The Labute approximate surface area is 100 Å². The van der Waals surface area contributed by atoms with Crippen molar-refractivity contribution in [2.24, 2.45) is 0 Å². The van der Waals surface area contributed by atoms with E-state index in [0.29, 0.717) is 11.9 Å². The molecule has 0 bridgehead atoms. The zero-order valence-corrected chi connectivity index (χ0v) is 9.89. The number of piperidine rings is 1. The minimum atomic E-state index is 0.381. The molecule has 3 heterocycles. The fraction of sp³-hybridized carbons (Fsp3) is 0.818. The van der Waals surface area contributed by atoms with Crippen LogP contribution in [0.4, 0.5) is 5.95 Å². The van der Waals surface area contributed by atoms with E-state index in [1.54, 1.807) is 0 Å². The van der Waals surface area contributed by atoms with Gasteiger partial charge in [0.25, 0.3) is 5.95 Å². The van der Waals surface area contributed by atoms with E-state index in [1.165, 1.54) is 6.42 Å². The highest BCUT2D eigenvalue weighted by atomic mass is 16.5. The summed E-state index contributed by atoms with van der Waals surface area (Å²) in [7, 11) is 0. The Kier molecular flexibility index (Phi) is 3.24. The quantitative estimate of drug-likeness (QED) is 0.803. The molecule has 1 atom stereocenters. The highest BCUT2D eigenvalue weighted by Gasteiger charge is 2.23. The number of morpholine rings is 1. The fourth-order valence-corrected chi connectivity index (χ4v) is 2.35. The van der Waals surface area contributed by atoms with E-state index in [0.717, 1.165) is 51.7 Å². The van der Waals surface area contributed by atoms with Crippen LogP contribution in [0.15, 0.2) is 4.52 Å². The van der Waals surface area contributed by atoms with Gasteiger partial charge < -0.3 is 19.5 Å². The first kappa shape index (κ1) is 11.0. The molecule has 2 aliphatic heterocycles. The Hall–Kier alpha value is -1.14. The first-order chi connectivity index (χ1) is 8.43. The first-order valence-electron chi connectivity index (χ1n) is 6.30. The third-order valence-corrected chi connectivity index (χ3v) is 3.37. The zero-order chi connectivity index (χ0) is 11.5. The van der Waals surface area contributed by atoms with Crippen molar-refractivity contribution in [2.45, 2.75) is 18.8 Å². The second kappa shape index (κ2) is 5.01. The molecular weight excluding hydrogens is 220 g/mol. The molecule has 0 unspecified atom stereocenters. The Morgan fingerprint density at radius 1 is 1.29 bits per heavy atom. The largest absolute Gasteiger partial charge is 0.378 e. The van der Waals surface area contributed by atoms with Crippen molar-refractivity contribution < 1.29 is 9.26 Å². The van der Waals surface area contributed by atoms with Crippen molar-refractivity contribution in [3.63, 3.8) is 0 Å². The zero-order valence-electron chi connectivity index (χ0n) is 9.89. The highest BCUT2D eigenvalue weighted by Crippen LogP contribution is 2.23. The van der Waals surface area contributed by atoms with E-state index in [-0.39, 0.29) is 0 Å². The van der Waals surface area contributed by atoms with E-state index in [4.69, 9.17) is 9.26 Å². The second-order valence-corrected chi connectivity index (χ2v) is 4.58. The number of anilines is 1. The molecule has 6 nitrogen and oxygen atoms in total. The summed E-state index contributed by atoms with van der Waals surface area (Å²) < 4.78 is 10.7. The van der Waals surface area contributed by atoms with Gasteiger partial charge in [-0.15, -0.1) is 0 Å². The standard InChI is InChI=1S/C11H18N4O2/c1-2-9(8-12-3-1)10-13-11(14-17-10)15-4-6-16-7-5-15/h9,12H,1-8H2/t9-/m1/s1. The Morgan fingerprint density at radius 3 is 2.94 bits per heavy atom. The number of ether oxygens (including phenoxy) is 1. The predicted molar refractivity (Wildman–Crippen MR) is 62.2 cm³/mol. The van der Waals surface area contributed by atoms with Gasteiger partial charge in [-0.2, -0.15) is 4.98 Å². The molecule has 0 spiro atoms. The number of aromatic nitrogens is 2. The summed E-state index contributed by atoms with van der Waals surface area (Å²) in [5, 5.41) is 7.43. The van der Waals surface area contributed by atoms with Crippen LogP contribution in [0.1, 0.15) is 24.7 Å². The Balaban J connectivity index is 1.68. The van der Waals surface area contributed by atoms with Gasteiger partial charge in [0.1, 0.15) is 0 Å². The fourth-order valence-electron chi connectivity index (χ4n) is 2.35. The van der Waals surface area contributed by atoms with Crippen LogP contribution in [0.2, 0.25) is 0 Å². The third kappa shape index (κ3) is 2.42. The molecule has 0 radical (unpaired) electrons. The summed E-state index contributed by atoms with van der Waals surface area (Å²) in [4.78, 5) is 6.63. The first-order valence-corrected chi connectivity index (χ1v) is 6.30. The molecule has 2 fully saturated rings. The lowest BCUT2D eigenvalue weighted by Crippen LogP contribution is -2.37. The van der Waals surface area contributed by atoms with E-state index >= 15 is 0 Å². The molecule has 1 aromatic rings. The molecule has 2 aliphatic rings. The summed E-state index contributed by atoms with van der Waals surface area (Å²) >= 11 is 0. The minimum absolute atomic E-state index is 0.381. The van der Waals surface area contributed by atoms with E-state index in [2.05, 4.69) is 20.4 Å². The molecule has 6 heteroatoms. The molecule has 0 amide bonds. The SMILES string of the molecule is C1CNC[C@H](c2nc(N3CCOCC3)no2)C1. The third-order valence-electron chi connectivity index (χ3n) is 3.37. The molecule has 0 aliphatic carbocycles. The van der Waals surface area contributed by atoms with Crippen LogP contribution in [-0.2, 0) is 4.74 Å². The van der Waals surface area contributed by atoms with Gasteiger partial charge in [0, 0.05) is 19.6 Å². The van der Waals surface area contributed by atoms with Gasteiger partial charge in [0.15, 0.2) is 0 Å². The monoisotopic (exact) mass is 238 g/mol. The van der Waals surface area contributed by atoms with Crippen molar-refractivity contribution in [1.82, 2.24) is 15.5 Å². The maximum atomic E-state index is 5.37. The van der Waals surface area contributed by atoms with Crippen molar-refractivity contribution in [1.29, 1.82) is 0 Å². The lowest BCUT2D eigenvalue weighted by atomic mass is 10.00. The molecule has 94 valence electrons. The molecule has 0 aromatic carbocycles. The van der Waals surface area contributed by atoms with Gasteiger partial charge in [-0.05, 0) is 24.5 Å². The number of hydrogen-bond donors (Lipinski definition) is 1. The highest BCUT2D eigenvalue weighted by molar-refractivity contribution is 5.28. The Bertz CT molecular complexity index is 324. The van der Waals surface area contributed by atoms with Crippen LogP contribution in [0.5, 0.6) is 0 Å². The molecule has 0 saturated carbocycles. The van der Waals surface area contributed by atoms with Crippen molar-refractivity contribution >= 4 is 5.95 Å². The normalized spacial score (nSPS) is 26.1. The topological polar surface area (TPSA) is 63.4 Å². The summed E-state index contributed by atoms with van der Waals surface area (Å²) in [6.07, 6.45) is 2.32. The van der Waals surface area contributed by atoms with Crippen LogP contribution < -0.4 is 10.2 Å². The summed E-state index contributed by atoms with van der Waals surface area (Å²) in [5.41, 5.74) is 0. The lowest BCUT2D eigenvalue weighted by molar-refractivity contribution is 0.121. The molecular formula is C11H18N4O2. The van der Waals surface area contributed by atoms with Crippen LogP contribution in [0, 0.1) is 0 Å². The van der Waals surface area contributed by atoms with Crippen LogP contribution in [0.3, 0.4) is 0 Å². The van der Waals surface area contributed by atoms with Gasteiger partial charge in [-0.3, -0.25) is 0 Å². The number of hydrogen-bond acceptors (Lipinski definition) is 6. The summed E-state index contributed by atoms with van der Waals surface area (Å²) in [6, 6.07) is 0. The van der Waals surface area contributed by atoms with Crippen LogP contribution >= 0.6 is 0 Å². The van der Waals surface area contributed by atoms with Gasteiger partial charge in [0.05, 0.1) is 19.1 Å². The molecule has 2 saturated heterocycles. The van der Waals surface area contributed by atoms with E-state index in [9.17, 15) is 0 Å². The van der Waals surface area contributed by atoms with E-state index in [1.807, 2.05) is 0 Å². The van der Waals surface area contributed by atoms with Crippen LogP contribution in [-0.4, -0.2) is 49.5 Å². The maximum Gasteiger partial charge on any atom is 0.266 e. The molecule has 1 aromatic heterocycles. The lowest BCUT2D eigenvalue weighted by Gasteiger charge is -2.24.